The van der Waals surface area contributed by atoms with Crippen molar-refractivity contribution in [1.82, 2.24) is 0 Å². The van der Waals surface area contributed by atoms with Crippen LogP contribution in [0, 0.1) is 0 Å². The maximum absolute atomic E-state index is 11.4. The Kier molecular flexibility index (Phi) is 7.64. The molecule has 0 bridgehead atoms. The lowest BCUT2D eigenvalue weighted by atomic mass is 10.6. The predicted molar refractivity (Wildman–Crippen MR) is 58.2 cm³/mol. The van der Waals surface area contributed by atoms with Crippen LogP contribution >= 0.6 is 21.6 Å². The monoisotopic (exact) mass is 210 g/mol. The molecule has 0 saturated heterocycles. The van der Waals surface area contributed by atoms with Crippen molar-refractivity contribution in [2.75, 3.05) is 12.0 Å². The lowest BCUT2D eigenvalue weighted by Gasteiger charge is -2.01. The maximum Gasteiger partial charge on any atom is 0.0781 e. The van der Waals surface area contributed by atoms with Crippen molar-refractivity contribution >= 4 is 32.4 Å². The van der Waals surface area contributed by atoms with E-state index in [0.717, 1.165) is 16.4 Å². The first-order valence-electron chi connectivity index (χ1n) is 3.51. The second-order valence-electron chi connectivity index (χ2n) is 1.91. The van der Waals surface area contributed by atoms with Gasteiger partial charge >= 0.3 is 0 Å². The average molecular weight is 210 g/mol. The minimum absolute atomic E-state index is 0.754. The normalized spacial score (nSPS) is 15.0. The van der Waals surface area contributed by atoms with Crippen molar-refractivity contribution < 1.29 is 4.21 Å². The predicted octanol–water partition coefficient (Wildman–Crippen LogP) is 3.02. The molecule has 0 aromatic rings. The highest BCUT2D eigenvalue weighted by Crippen LogP contribution is 2.29. The van der Waals surface area contributed by atoms with Crippen molar-refractivity contribution in [1.29, 1.82) is 0 Å². The van der Waals surface area contributed by atoms with Crippen LogP contribution in [-0.2, 0) is 10.8 Å². The summed E-state index contributed by atoms with van der Waals surface area (Å²) >= 11 is 0. The van der Waals surface area contributed by atoms with E-state index in [1.54, 1.807) is 21.6 Å². The summed E-state index contributed by atoms with van der Waals surface area (Å²) in [5.74, 6) is 0.785. The first-order chi connectivity index (χ1) is 5.26. The smallest absolute Gasteiger partial charge is 0.0781 e. The van der Waals surface area contributed by atoms with Gasteiger partial charge in [0.05, 0.1) is 15.0 Å². The van der Waals surface area contributed by atoms with E-state index in [-0.39, 0.29) is 0 Å². The Bertz CT molecular complexity index is 154. The minimum atomic E-state index is -0.754. The van der Waals surface area contributed by atoms with Crippen LogP contribution in [0.25, 0.3) is 0 Å². The first kappa shape index (κ1) is 11.6. The van der Waals surface area contributed by atoms with Crippen LogP contribution in [0.15, 0.2) is 10.3 Å². The second-order valence-corrected chi connectivity index (χ2v) is 6.14. The highest BCUT2D eigenvalue weighted by atomic mass is 33.1. The maximum atomic E-state index is 11.4. The molecule has 0 aliphatic heterocycles. The van der Waals surface area contributed by atoms with Crippen LogP contribution in [-0.4, -0.2) is 16.2 Å². The Morgan fingerprint density at radius 1 is 1.64 bits per heavy atom. The number of hydrogen-bond acceptors (Lipinski definition) is 3. The van der Waals surface area contributed by atoms with Gasteiger partial charge in [-0.25, -0.2) is 0 Å². The first-order valence-corrected chi connectivity index (χ1v) is 7.39. The van der Waals surface area contributed by atoms with Crippen LogP contribution < -0.4 is 0 Å². The van der Waals surface area contributed by atoms with E-state index < -0.39 is 10.8 Å². The molecule has 0 fully saturated rings. The summed E-state index contributed by atoms with van der Waals surface area (Å²) in [6.45, 7) is 3.99. The zero-order valence-corrected chi connectivity index (χ0v) is 9.57. The van der Waals surface area contributed by atoms with Crippen LogP contribution in [0.4, 0.5) is 0 Å². The average Bonchev–Trinajstić information content (AvgIpc) is 2.00. The lowest BCUT2D eigenvalue weighted by molar-refractivity contribution is 0.687. The van der Waals surface area contributed by atoms with E-state index in [4.69, 9.17) is 0 Å². The fourth-order valence-electron chi connectivity index (χ4n) is 0.586. The Hall–Kier alpha value is 0.590. The highest BCUT2D eigenvalue weighted by molar-refractivity contribution is 8.79. The van der Waals surface area contributed by atoms with Crippen LogP contribution in [0.2, 0.25) is 0 Å². The Balaban J connectivity index is 3.94. The Labute approximate surface area is 79.3 Å². The molecule has 1 nitrogen and oxygen atoms in total. The van der Waals surface area contributed by atoms with Crippen molar-refractivity contribution in [3.8, 4) is 0 Å². The van der Waals surface area contributed by atoms with Gasteiger partial charge < -0.3 is 0 Å². The van der Waals surface area contributed by atoms with E-state index in [1.807, 2.05) is 19.3 Å². The van der Waals surface area contributed by atoms with Crippen LogP contribution in [0.1, 0.15) is 20.3 Å². The van der Waals surface area contributed by atoms with Crippen molar-refractivity contribution in [3.05, 3.63) is 10.3 Å². The van der Waals surface area contributed by atoms with Crippen LogP contribution in [0.3, 0.4) is 0 Å². The van der Waals surface area contributed by atoms with Gasteiger partial charge in [0.1, 0.15) is 0 Å². The quantitative estimate of drug-likeness (QED) is 0.649. The molecule has 0 aromatic carbocycles. The molecule has 0 N–H and O–H groups in total. The zero-order chi connectivity index (χ0) is 8.69. The molecule has 0 saturated carbocycles. The molecule has 4 heteroatoms. The molecule has 1 unspecified atom stereocenters. The number of hydrogen-bond donors (Lipinski definition) is 0. The molecule has 66 valence electrons. The summed E-state index contributed by atoms with van der Waals surface area (Å²) in [4.78, 5) is 0. The minimum Gasteiger partial charge on any atom is -0.254 e. The molecule has 0 rings (SSSR count). The van der Waals surface area contributed by atoms with Gasteiger partial charge in [0, 0.05) is 5.75 Å². The van der Waals surface area contributed by atoms with E-state index >= 15 is 0 Å². The third kappa shape index (κ3) is 4.93. The summed E-state index contributed by atoms with van der Waals surface area (Å²) in [7, 11) is 2.49. The third-order valence-electron chi connectivity index (χ3n) is 1.02. The second kappa shape index (κ2) is 7.25. The molecule has 0 aliphatic carbocycles. The highest BCUT2D eigenvalue weighted by Gasteiger charge is 2.04. The topological polar surface area (TPSA) is 17.1 Å². The van der Waals surface area contributed by atoms with Gasteiger partial charge in [-0.05, 0) is 30.4 Å². The van der Waals surface area contributed by atoms with Crippen molar-refractivity contribution in [2.24, 2.45) is 0 Å². The van der Waals surface area contributed by atoms with Gasteiger partial charge in [-0.3, -0.25) is 4.21 Å². The van der Waals surface area contributed by atoms with Gasteiger partial charge in [0.2, 0.25) is 0 Å². The largest absolute Gasteiger partial charge is 0.254 e. The number of rotatable bonds is 5. The van der Waals surface area contributed by atoms with Gasteiger partial charge in [-0.15, -0.1) is 0 Å². The third-order valence-corrected chi connectivity index (χ3v) is 5.21. The van der Waals surface area contributed by atoms with Gasteiger partial charge in [-0.1, -0.05) is 23.8 Å². The molecule has 0 aromatic heterocycles. The lowest BCUT2D eigenvalue weighted by Crippen LogP contribution is -1.95. The fraction of sp³-hybridized carbons (Fsp3) is 0.714. The summed E-state index contributed by atoms with van der Waals surface area (Å²) in [6, 6.07) is 0. The Morgan fingerprint density at radius 3 is 2.64 bits per heavy atom. The van der Waals surface area contributed by atoms with Crippen molar-refractivity contribution in [2.45, 2.75) is 20.3 Å². The summed E-state index contributed by atoms with van der Waals surface area (Å²) < 4.78 is 12.4. The molecule has 0 aliphatic rings. The molecule has 11 heavy (non-hydrogen) atoms. The summed E-state index contributed by atoms with van der Waals surface area (Å²) in [5, 5.41) is 0. The van der Waals surface area contributed by atoms with E-state index in [9.17, 15) is 4.21 Å². The van der Waals surface area contributed by atoms with Gasteiger partial charge in [0.15, 0.2) is 0 Å². The van der Waals surface area contributed by atoms with E-state index in [1.165, 1.54) is 0 Å². The standard InChI is InChI=1S/C7H14OS3/c1-4-6-11(8)7(5-2)10-9-3/h5H,4,6H2,1-3H3. The molecule has 0 spiro atoms. The summed E-state index contributed by atoms with van der Waals surface area (Å²) in [5.41, 5.74) is 0. The fourth-order valence-corrected chi connectivity index (χ4v) is 4.31. The molecule has 0 radical (unpaired) electrons. The molecule has 0 heterocycles. The molecule has 1 atom stereocenters. The Morgan fingerprint density at radius 2 is 2.27 bits per heavy atom. The van der Waals surface area contributed by atoms with Gasteiger partial charge in [-0.2, -0.15) is 0 Å². The molecular formula is C7H14OS3. The van der Waals surface area contributed by atoms with E-state index in [2.05, 4.69) is 6.92 Å². The molecular weight excluding hydrogens is 196 g/mol. The summed E-state index contributed by atoms with van der Waals surface area (Å²) in [6.07, 6.45) is 4.92. The molecule has 0 amide bonds. The zero-order valence-electron chi connectivity index (χ0n) is 7.12. The van der Waals surface area contributed by atoms with Crippen LogP contribution in [0.5, 0.6) is 0 Å². The van der Waals surface area contributed by atoms with Gasteiger partial charge in [0.25, 0.3) is 0 Å². The SMILES string of the molecule is CC=C(SSC)S(=O)CCC. The van der Waals surface area contributed by atoms with E-state index in [0.29, 0.717) is 0 Å². The number of allylic oxidation sites excluding steroid dienone is 1. The van der Waals surface area contributed by atoms with Crippen molar-refractivity contribution in [3.63, 3.8) is 0 Å².